The molecule has 1 N–H and O–H groups in total. The fourth-order valence-electron chi connectivity index (χ4n) is 3.57. The molecule has 0 aliphatic carbocycles. The van der Waals surface area contributed by atoms with Gasteiger partial charge in [0, 0.05) is 32.1 Å². The van der Waals surface area contributed by atoms with Crippen molar-refractivity contribution in [3.05, 3.63) is 42.1 Å². The minimum atomic E-state index is -0.344. The third kappa shape index (κ3) is 4.35. The normalized spacial score (nSPS) is 21.4. The molecule has 0 spiro atoms. The lowest BCUT2D eigenvalue weighted by atomic mass is 9.81. The van der Waals surface area contributed by atoms with Crippen LogP contribution in [0, 0.1) is 5.41 Å². The Morgan fingerprint density at radius 3 is 3.00 bits per heavy atom. The fraction of sp³-hybridized carbons (Fsp3) is 0.500. The van der Waals surface area contributed by atoms with Gasteiger partial charge in [0.05, 0.1) is 23.2 Å². The SMILES string of the molecule is COCCNC(=O)C1(C)CCCN(Cc2ccc3ccccc3n2)C1. The summed E-state index contributed by atoms with van der Waals surface area (Å²) in [5.74, 6) is 0.126. The van der Waals surface area contributed by atoms with Crippen LogP contribution in [-0.4, -0.2) is 49.1 Å². The molecular formula is C20H27N3O2. The second-order valence-corrected chi connectivity index (χ2v) is 7.12. The molecule has 25 heavy (non-hydrogen) atoms. The van der Waals surface area contributed by atoms with Gasteiger partial charge >= 0.3 is 0 Å². The number of ether oxygens (including phenoxy) is 1. The van der Waals surface area contributed by atoms with E-state index in [1.54, 1.807) is 7.11 Å². The van der Waals surface area contributed by atoms with Gasteiger partial charge in [0.1, 0.15) is 0 Å². The topological polar surface area (TPSA) is 54.5 Å². The van der Waals surface area contributed by atoms with Crippen LogP contribution in [0.25, 0.3) is 10.9 Å². The second-order valence-electron chi connectivity index (χ2n) is 7.12. The summed E-state index contributed by atoms with van der Waals surface area (Å²) in [6.07, 6.45) is 1.95. The van der Waals surface area contributed by atoms with Gasteiger partial charge in [-0.25, -0.2) is 0 Å². The summed E-state index contributed by atoms with van der Waals surface area (Å²) in [5.41, 5.74) is 1.74. The molecule has 1 saturated heterocycles. The smallest absolute Gasteiger partial charge is 0.227 e. The highest BCUT2D eigenvalue weighted by Gasteiger charge is 2.37. The van der Waals surface area contributed by atoms with Gasteiger partial charge in [-0.1, -0.05) is 24.3 Å². The first-order chi connectivity index (χ1) is 12.1. The predicted octanol–water partition coefficient (Wildman–Crippen LogP) is 2.60. The van der Waals surface area contributed by atoms with E-state index in [4.69, 9.17) is 9.72 Å². The monoisotopic (exact) mass is 341 g/mol. The first-order valence-corrected chi connectivity index (χ1v) is 8.95. The molecule has 5 nitrogen and oxygen atoms in total. The van der Waals surface area contributed by atoms with Crippen LogP contribution in [-0.2, 0) is 16.1 Å². The molecule has 1 aliphatic heterocycles. The summed E-state index contributed by atoms with van der Waals surface area (Å²) in [6, 6.07) is 12.4. The summed E-state index contributed by atoms with van der Waals surface area (Å²) >= 11 is 0. The van der Waals surface area contributed by atoms with Crippen molar-refractivity contribution in [3.8, 4) is 0 Å². The van der Waals surface area contributed by atoms with E-state index in [9.17, 15) is 4.79 Å². The minimum absolute atomic E-state index is 0.126. The molecule has 1 fully saturated rings. The standard InChI is InChI=1S/C20H27N3O2/c1-20(19(24)21-11-13-25-2)10-5-12-23(15-20)14-17-9-8-16-6-3-4-7-18(16)22-17/h3-4,6-9H,5,10-15H2,1-2H3,(H,21,24). The van der Waals surface area contributed by atoms with E-state index >= 15 is 0 Å². The maximum Gasteiger partial charge on any atom is 0.227 e. The van der Waals surface area contributed by atoms with Gasteiger partial charge in [-0.2, -0.15) is 0 Å². The Bertz CT molecular complexity index is 734. The molecule has 0 radical (unpaired) electrons. The Balaban J connectivity index is 1.65. The maximum absolute atomic E-state index is 12.6. The van der Waals surface area contributed by atoms with E-state index in [1.807, 2.05) is 18.2 Å². The van der Waals surface area contributed by atoms with Crippen LogP contribution in [0.2, 0.25) is 0 Å². The number of benzene rings is 1. The number of aromatic nitrogens is 1. The highest BCUT2D eigenvalue weighted by Crippen LogP contribution is 2.30. The highest BCUT2D eigenvalue weighted by atomic mass is 16.5. The number of amides is 1. The van der Waals surface area contributed by atoms with Crippen molar-refractivity contribution in [1.82, 2.24) is 15.2 Å². The molecule has 0 bridgehead atoms. The molecular weight excluding hydrogens is 314 g/mol. The summed E-state index contributed by atoms with van der Waals surface area (Å²) in [4.78, 5) is 19.7. The number of carbonyl (C=O) groups is 1. The van der Waals surface area contributed by atoms with Gasteiger partial charge in [0.15, 0.2) is 0 Å². The average Bonchev–Trinajstić information content (AvgIpc) is 2.62. The van der Waals surface area contributed by atoms with Crippen LogP contribution in [0.3, 0.4) is 0 Å². The maximum atomic E-state index is 12.6. The quantitative estimate of drug-likeness (QED) is 0.821. The first-order valence-electron chi connectivity index (χ1n) is 8.95. The molecule has 1 unspecified atom stereocenters. The zero-order chi connectivity index (χ0) is 17.7. The lowest BCUT2D eigenvalue weighted by Gasteiger charge is -2.39. The van der Waals surface area contributed by atoms with Crippen LogP contribution >= 0.6 is 0 Å². The van der Waals surface area contributed by atoms with E-state index in [0.717, 1.165) is 49.1 Å². The third-order valence-corrected chi connectivity index (χ3v) is 4.96. The molecule has 1 aromatic heterocycles. The van der Waals surface area contributed by atoms with Gasteiger partial charge in [-0.3, -0.25) is 14.7 Å². The molecule has 1 amide bonds. The van der Waals surface area contributed by atoms with Crippen molar-refractivity contribution >= 4 is 16.8 Å². The fourth-order valence-corrected chi connectivity index (χ4v) is 3.57. The number of fused-ring (bicyclic) bond motifs is 1. The van der Waals surface area contributed by atoms with Crippen LogP contribution in [0.4, 0.5) is 0 Å². The van der Waals surface area contributed by atoms with Gasteiger partial charge < -0.3 is 10.1 Å². The van der Waals surface area contributed by atoms with Gasteiger partial charge in [-0.05, 0) is 38.4 Å². The number of likely N-dealkylation sites (tertiary alicyclic amines) is 1. The Morgan fingerprint density at radius 1 is 1.32 bits per heavy atom. The van der Waals surface area contributed by atoms with Crippen LogP contribution in [0.15, 0.2) is 36.4 Å². The predicted molar refractivity (Wildman–Crippen MR) is 99.2 cm³/mol. The van der Waals surface area contributed by atoms with Crippen molar-refractivity contribution in [2.45, 2.75) is 26.3 Å². The molecule has 2 heterocycles. The molecule has 1 aliphatic rings. The van der Waals surface area contributed by atoms with Crippen LogP contribution in [0.1, 0.15) is 25.5 Å². The van der Waals surface area contributed by atoms with E-state index in [1.165, 1.54) is 0 Å². The summed E-state index contributed by atoms with van der Waals surface area (Å²) < 4.78 is 5.01. The highest BCUT2D eigenvalue weighted by molar-refractivity contribution is 5.82. The van der Waals surface area contributed by atoms with E-state index in [-0.39, 0.29) is 11.3 Å². The van der Waals surface area contributed by atoms with Crippen molar-refractivity contribution in [3.63, 3.8) is 0 Å². The Hall–Kier alpha value is -1.98. The number of carbonyl (C=O) groups excluding carboxylic acids is 1. The van der Waals surface area contributed by atoms with E-state index in [2.05, 4.69) is 35.3 Å². The Morgan fingerprint density at radius 2 is 2.16 bits per heavy atom. The lowest BCUT2D eigenvalue weighted by molar-refractivity contribution is -0.133. The van der Waals surface area contributed by atoms with E-state index in [0.29, 0.717) is 13.2 Å². The molecule has 3 rings (SSSR count). The second kappa shape index (κ2) is 7.93. The average molecular weight is 341 g/mol. The zero-order valence-electron chi connectivity index (χ0n) is 15.1. The zero-order valence-corrected chi connectivity index (χ0v) is 15.1. The molecule has 2 aromatic rings. The van der Waals surface area contributed by atoms with E-state index < -0.39 is 0 Å². The molecule has 1 atom stereocenters. The lowest BCUT2D eigenvalue weighted by Crippen LogP contribution is -2.50. The number of methoxy groups -OCH3 is 1. The summed E-state index contributed by atoms with van der Waals surface area (Å²) in [5, 5.41) is 4.16. The first kappa shape index (κ1) is 17.8. The number of pyridine rings is 1. The number of piperidine rings is 1. The van der Waals surface area contributed by atoms with Crippen molar-refractivity contribution in [2.24, 2.45) is 5.41 Å². The Labute approximate surface area is 149 Å². The summed E-state index contributed by atoms with van der Waals surface area (Å²) in [7, 11) is 1.65. The minimum Gasteiger partial charge on any atom is -0.383 e. The largest absolute Gasteiger partial charge is 0.383 e. The van der Waals surface area contributed by atoms with Gasteiger partial charge in [-0.15, -0.1) is 0 Å². The van der Waals surface area contributed by atoms with Gasteiger partial charge in [0.2, 0.25) is 5.91 Å². The molecule has 0 saturated carbocycles. The van der Waals surface area contributed by atoms with Crippen molar-refractivity contribution in [2.75, 3.05) is 33.4 Å². The third-order valence-electron chi connectivity index (χ3n) is 4.96. The van der Waals surface area contributed by atoms with Crippen molar-refractivity contribution in [1.29, 1.82) is 0 Å². The number of hydrogen-bond donors (Lipinski definition) is 1. The van der Waals surface area contributed by atoms with Gasteiger partial charge in [0.25, 0.3) is 0 Å². The number of nitrogens with one attached hydrogen (secondary N) is 1. The van der Waals surface area contributed by atoms with Crippen molar-refractivity contribution < 1.29 is 9.53 Å². The number of hydrogen-bond acceptors (Lipinski definition) is 4. The van der Waals surface area contributed by atoms with Crippen LogP contribution in [0.5, 0.6) is 0 Å². The number of para-hydroxylation sites is 1. The number of rotatable bonds is 6. The molecule has 5 heteroatoms. The van der Waals surface area contributed by atoms with Crippen LogP contribution < -0.4 is 5.32 Å². The number of nitrogens with zero attached hydrogens (tertiary/aromatic N) is 2. The Kier molecular flexibility index (Phi) is 5.66. The molecule has 1 aromatic carbocycles. The molecule has 134 valence electrons. The summed E-state index contributed by atoms with van der Waals surface area (Å²) in [6.45, 7) is 5.74.